The molecule has 29 heavy (non-hydrogen) atoms. The predicted octanol–water partition coefficient (Wildman–Crippen LogP) is 1.18. The van der Waals surface area contributed by atoms with Crippen molar-refractivity contribution in [1.29, 1.82) is 0 Å². The third-order valence-electron chi connectivity index (χ3n) is 5.77. The largest absolute Gasteiger partial charge is 0.395 e. The van der Waals surface area contributed by atoms with Crippen LogP contribution in [0.2, 0.25) is 0 Å². The van der Waals surface area contributed by atoms with E-state index in [1.165, 1.54) is 11.1 Å². The Morgan fingerprint density at radius 2 is 2.03 bits per heavy atom. The third kappa shape index (κ3) is 3.92. The Labute approximate surface area is 171 Å². The Morgan fingerprint density at radius 3 is 2.76 bits per heavy atom. The first kappa shape index (κ1) is 20.0. The number of nitrogens with zero attached hydrogens (tertiary/aromatic N) is 5. The number of hydrogen-bond donors (Lipinski definition) is 1. The first-order chi connectivity index (χ1) is 14.0. The quantitative estimate of drug-likeness (QED) is 0.831. The van der Waals surface area contributed by atoms with Crippen LogP contribution in [0.25, 0.3) is 5.69 Å². The monoisotopic (exact) mass is 399 g/mol. The average Bonchev–Trinajstić information content (AvgIpc) is 3.07. The highest BCUT2D eigenvalue weighted by Gasteiger charge is 2.30. The minimum Gasteiger partial charge on any atom is -0.395 e. The van der Waals surface area contributed by atoms with Crippen LogP contribution in [-0.4, -0.2) is 80.8 Å². The predicted molar refractivity (Wildman–Crippen MR) is 108 cm³/mol. The van der Waals surface area contributed by atoms with Gasteiger partial charge in [-0.25, -0.2) is 4.68 Å². The van der Waals surface area contributed by atoms with Crippen LogP contribution in [0, 0.1) is 6.92 Å². The van der Waals surface area contributed by atoms with E-state index in [-0.39, 0.29) is 24.7 Å². The van der Waals surface area contributed by atoms with Crippen molar-refractivity contribution in [2.45, 2.75) is 45.9 Å². The Kier molecular flexibility index (Phi) is 5.67. The minimum atomic E-state index is -0.0883. The maximum atomic E-state index is 13.1. The van der Waals surface area contributed by atoms with Crippen LogP contribution in [0.4, 0.5) is 0 Å². The van der Waals surface area contributed by atoms with Gasteiger partial charge >= 0.3 is 0 Å². The number of morpholine rings is 1. The van der Waals surface area contributed by atoms with E-state index >= 15 is 0 Å². The molecule has 1 saturated heterocycles. The van der Waals surface area contributed by atoms with E-state index in [2.05, 4.69) is 21.3 Å². The molecule has 1 amide bonds. The molecule has 4 rings (SSSR count). The molecule has 0 saturated carbocycles. The summed E-state index contributed by atoms with van der Waals surface area (Å²) in [4.78, 5) is 17.1. The number of β-amino-alcohol motifs (C(OH)–C–C–N with tert-alkyl or cyclic N) is 1. The fraction of sp³-hybridized carbons (Fsp3) is 0.571. The molecule has 2 unspecified atom stereocenters. The molecule has 1 aromatic carbocycles. The Hall–Kier alpha value is -2.29. The van der Waals surface area contributed by atoms with Crippen LogP contribution in [0.1, 0.15) is 41.2 Å². The Balaban J connectivity index is 1.61. The Morgan fingerprint density at radius 1 is 1.28 bits per heavy atom. The van der Waals surface area contributed by atoms with Gasteiger partial charge in [-0.15, -0.1) is 5.10 Å². The zero-order chi connectivity index (χ0) is 20.5. The number of ether oxygens (including phenoxy) is 1. The summed E-state index contributed by atoms with van der Waals surface area (Å²) < 4.78 is 7.53. The molecular formula is C21H29N5O3. The lowest BCUT2D eigenvalue weighted by molar-refractivity contribution is -0.0587. The number of aromatic nitrogens is 3. The van der Waals surface area contributed by atoms with Gasteiger partial charge in [0.15, 0.2) is 5.69 Å². The second kappa shape index (κ2) is 8.22. The molecule has 1 fully saturated rings. The fourth-order valence-corrected chi connectivity index (χ4v) is 4.43. The Bertz CT molecular complexity index is 886. The van der Waals surface area contributed by atoms with E-state index in [1.807, 2.05) is 37.8 Å². The molecule has 8 nitrogen and oxygen atoms in total. The van der Waals surface area contributed by atoms with Crippen molar-refractivity contribution in [2.75, 3.05) is 32.8 Å². The van der Waals surface area contributed by atoms with Crippen molar-refractivity contribution < 1.29 is 14.6 Å². The lowest BCUT2D eigenvalue weighted by atomic mass is 9.97. The van der Waals surface area contributed by atoms with Gasteiger partial charge < -0.3 is 14.7 Å². The topological polar surface area (TPSA) is 83.7 Å². The van der Waals surface area contributed by atoms with Gasteiger partial charge in [-0.3, -0.25) is 9.69 Å². The van der Waals surface area contributed by atoms with Gasteiger partial charge in [0.25, 0.3) is 5.91 Å². The summed E-state index contributed by atoms with van der Waals surface area (Å²) in [5.74, 6) is -0.0883. The molecule has 0 bridgehead atoms. The molecule has 8 heteroatoms. The van der Waals surface area contributed by atoms with Crippen LogP contribution in [0.5, 0.6) is 0 Å². The zero-order valence-corrected chi connectivity index (χ0v) is 17.3. The summed E-state index contributed by atoms with van der Waals surface area (Å²) in [6.07, 6.45) is 0.911. The van der Waals surface area contributed by atoms with E-state index in [0.717, 1.165) is 30.9 Å². The van der Waals surface area contributed by atoms with E-state index in [1.54, 1.807) is 4.68 Å². The maximum absolute atomic E-state index is 13.1. The number of aliphatic hydroxyl groups excluding tert-OH is 1. The smallest absolute Gasteiger partial charge is 0.276 e. The lowest BCUT2D eigenvalue weighted by Gasteiger charge is -2.34. The van der Waals surface area contributed by atoms with Crippen molar-refractivity contribution in [1.82, 2.24) is 24.8 Å². The number of aliphatic hydroxyl groups is 1. The summed E-state index contributed by atoms with van der Waals surface area (Å²) in [5, 5.41) is 17.8. The minimum absolute atomic E-state index is 0.0149. The number of amides is 1. The van der Waals surface area contributed by atoms with Gasteiger partial charge in [0.2, 0.25) is 0 Å². The van der Waals surface area contributed by atoms with E-state index in [0.29, 0.717) is 25.3 Å². The molecule has 156 valence electrons. The first-order valence-electron chi connectivity index (χ1n) is 10.3. The number of carbonyl (C=O) groups is 1. The molecule has 0 spiro atoms. The SMILES string of the molecule is Cc1c(C(=O)N2CC(C)OC(C)C2)nnn1-c1cccc2c1CCN(CCO)C2. The normalized spacial score (nSPS) is 22.6. The summed E-state index contributed by atoms with van der Waals surface area (Å²) in [5.41, 5.74) is 4.62. The van der Waals surface area contributed by atoms with Gasteiger partial charge in [-0.05, 0) is 44.4 Å². The number of carbonyl (C=O) groups excluding carboxylic acids is 1. The molecular weight excluding hydrogens is 370 g/mol. The van der Waals surface area contributed by atoms with Crippen molar-refractivity contribution >= 4 is 5.91 Å². The highest BCUT2D eigenvalue weighted by Crippen LogP contribution is 2.26. The molecule has 1 N–H and O–H groups in total. The molecule has 1 aromatic heterocycles. The van der Waals surface area contributed by atoms with Crippen LogP contribution >= 0.6 is 0 Å². The number of rotatable bonds is 4. The molecule has 3 heterocycles. The fourth-order valence-electron chi connectivity index (χ4n) is 4.43. The molecule has 0 radical (unpaired) electrons. The van der Waals surface area contributed by atoms with Crippen molar-refractivity contribution in [3.63, 3.8) is 0 Å². The second-order valence-electron chi connectivity index (χ2n) is 8.07. The second-order valence-corrected chi connectivity index (χ2v) is 8.07. The van der Waals surface area contributed by atoms with Gasteiger partial charge in [0.1, 0.15) is 0 Å². The van der Waals surface area contributed by atoms with E-state index in [9.17, 15) is 9.90 Å². The summed E-state index contributed by atoms with van der Waals surface area (Å²) >= 11 is 0. The highest BCUT2D eigenvalue weighted by molar-refractivity contribution is 5.93. The molecule has 0 aliphatic carbocycles. The van der Waals surface area contributed by atoms with E-state index in [4.69, 9.17) is 4.74 Å². The van der Waals surface area contributed by atoms with Gasteiger partial charge in [-0.1, -0.05) is 17.3 Å². The van der Waals surface area contributed by atoms with Crippen molar-refractivity contribution in [3.05, 3.63) is 40.7 Å². The van der Waals surface area contributed by atoms with E-state index < -0.39 is 0 Å². The molecule has 2 atom stereocenters. The first-order valence-corrected chi connectivity index (χ1v) is 10.3. The van der Waals surface area contributed by atoms with Gasteiger partial charge in [0.05, 0.1) is 30.2 Å². The molecule has 2 aromatic rings. The number of benzene rings is 1. The summed E-state index contributed by atoms with van der Waals surface area (Å²) in [6, 6.07) is 6.18. The molecule has 2 aliphatic heterocycles. The van der Waals surface area contributed by atoms with Crippen molar-refractivity contribution in [2.24, 2.45) is 0 Å². The maximum Gasteiger partial charge on any atom is 0.276 e. The third-order valence-corrected chi connectivity index (χ3v) is 5.77. The van der Waals surface area contributed by atoms with Gasteiger partial charge in [-0.2, -0.15) is 0 Å². The average molecular weight is 399 g/mol. The van der Waals surface area contributed by atoms with Crippen LogP contribution in [0.15, 0.2) is 18.2 Å². The lowest BCUT2D eigenvalue weighted by Crippen LogP contribution is -2.48. The summed E-state index contributed by atoms with van der Waals surface area (Å²) in [7, 11) is 0. The number of hydrogen-bond acceptors (Lipinski definition) is 6. The number of fused-ring (bicyclic) bond motifs is 1. The van der Waals surface area contributed by atoms with Crippen LogP contribution in [0.3, 0.4) is 0 Å². The standard InChI is InChI=1S/C21H29N5O3/c1-14-11-25(12-15(2)29-14)21(28)20-16(3)26(23-22-20)19-6-4-5-17-13-24(9-10-27)8-7-18(17)19/h4-6,14-15,27H,7-13H2,1-3H3. The zero-order valence-electron chi connectivity index (χ0n) is 17.3. The van der Waals surface area contributed by atoms with Gasteiger partial charge in [0, 0.05) is 32.7 Å². The molecule has 2 aliphatic rings. The van der Waals surface area contributed by atoms with Crippen molar-refractivity contribution in [3.8, 4) is 5.69 Å². The summed E-state index contributed by atoms with van der Waals surface area (Å²) in [6.45, 7) is 9.56. The highest BCUT2D eigenvalue weighted by atomic mass is 16.5. The van der Waals surface area contributed by atoms with Crippen LogP contribution in [-0.2, 0) is 17.7 Å². The van der Waals surface area contributed by atoms with Crippen LogP contribution < -0.4 is 0 Å².